The molecule has 5 nitrogen and oxygen atoms in total. The van der Waals surface area contributed by atoms with Crippen molar-refractivity contribution in [3.63, 3.8) is 0 Å². The van der Waals surface area contributed by atoms with Crippen LogP contribution in [0.2, 0.25) is 5.02 Å². The third-order valence-corrected chi connectivity index (χ3v) is 5.69. The minimum absolute atomic E-state index is 0.0825. The molecule has 2 saturated heterocycles. The summed E-state index contributed by atoms with van der Waals surface area (Å²) in [6.07, 6.45) is 1.65. The summed E-state index contributed by atoms with van der Waals surface area (Å²) < 4.78 is 5.69. The van der Waals surface area contributed by atoms with Crippen LogP contribution < -0.4 is 0 Å². The van der Waals surface area contributed by atoms with Gasteiger partial charge in [0, 0.05) is 23.7 Å². The molecule has 2 heterocycles. The van der Waals surface area contributed by atoms with Crippen LogP contribution in [0.15, 0.2) is 54.1 Å². The van der Waals surface area contributed by atoms with E-state index in [1.54, 1.807) is 30.3 Å². The Balaban J connectivity index is 1.83. The van der Waals surface area contributed by atoms with Crippen LogP contribution in [0.3, 0.4) is 0 Å². The Morgan fingerprint density at radius 2 is 1.97 bits per heavy atom. The molecule has 2 atom stereocenters. The van der Waals surface area contributed by atoms with E-state index < -0.39 is 17.7 Å². The van der Waals surface area contributed by atoms with Crippen LogP contribution in [-0.2, 0) is 14.3 Å². The smallest absolute Gasteiger partial charge is 0.295 e. The maximum atomic E-state index is 13.0. The van der Waals surface area contributed by atoms with Crippen LogP contribution in [0.1, 0.15) is 35.6 Å². The molecule has 0 spiro atoms. The van der Waals surface area contributed by atoms with Crippen LogP contribution in [0.25, 0.3) is 5.76 Å². The fraction of sp³-hybridized carbons (Fsp3) is 0.304. The normalized spacial score (nSPS) is 23.7. The highest BCUT2D eigenvalue weighted by Crippen LogP contribution is 2.40. The summed E-state index contributed by atoms with van der Waals surface area (Å²) in [6.45, 7) is 2.89. The molecule has 0 aromatic heterocycles. The monoisotopic (exact) mass is 411 g/mol. The lowest BCUT2D eigenvalue weighted by Gasteiger charge is -2.27. The highest BCUT2D eigenvalue weighted by Gasteiger charge is 2.47. The van der Waals surface area contributed by atoms with Gasteiger partial charge in [0.15, 0.2) is 0 Å². The van der Waals surface area contributed by atoms with Crippen molar-refractivity contribution in [1.82, 2.24) is 4.90 Å². The minimum Gasteiger partial charge on any atom is -0.507 e. The third kappa shape index (κ3) is 3.80. The highest BCUT2D eigenvalue weighted by atomic mass is 35.5. The highest BCUT2D eigenvalue weighted by molar-refractivity contribution is 6.46. The number of amides is 1. The Hall–Kier alpha value is -2.63. The van der Waals surface area contributed by atoms with Crippen molar-refractivity contribution in [2.45, 2.75) is 31.9 Å². The number of hydrogen-bond donors (Lipinski definition) is 1. The number of carbonyl (C=O) groups is 2. The summed E-state index contributed by atoms with van der Waals surface area (Å²) in [6, 6.07) is 13.5. The Labute approximate surface area is 174 Å². The standard InChI is InChI=1S/C23H22ClNO4/c1-14-7-9-15(10-8-14)21(26)19-20(16-4-2-5-17(24)12-16)25(23(28)22(19)27)13-18-6-3-11-29-18/h2,4-5,7-10,12,18,20,26H,3,6,11,13H2,1H3. The number of nitrogens with zero attached hydrogens (tertiary/aromatic N) is 1. The molecule has 0 bridgehead atoms. The van der Waals surface area contributed by atoms with E-state index in [9.17, 15) is 14.7 Å². The SMILES string of the molecule is Cc1ccc(C(O)=C2C(=O)C(=O)N(CC3CCCO3)C2c2cccc(Cl)c2)cc1. The summed E-state index contributed by atoms with van der Waals surface area (Å²) in [5.41, 5.74) is 2.30. The molecule has 0 saturated carbocycles. The van der Waals surface area contributed by atoms with Crippen molar-refractivity contribution in [3.8, 4) is 0 Å². The molecule has 150 valence electrons. The number of Topliss-reactive ketones (excluding diaryl/α,β-unsaturated/α-hetero) is 1. The molecule has 2 aliphatic rings. The van der Waals surface area contributed by atoms with Crippen molar-refractivity contribution in [2.75, 3.05) is 13.2 Å². The van der Waals surface area contributed by atoms with E-state index in [-0.39, 0.29) is 17.4 Å². The maximum absolute atomic E-state index is 13.0. The molecule has 2 unspecified atom stereocenters. The molecular weight excluding hydrogens is 390 g/mol. The van der Waals surface area contributed by atoms with Crippen LogP contribution in [0.5, 0.6) is 0 Å². The molecule has 1 N–H and O–H groups in total. The van der Waals surface area contributed by atoms with Crippen LogP contribution in [0.4, 0.5) is 0 Å². The molecule has 2 aromatic carbocycles. The van der Waals surface area contributed by atoms with Gasteiger partial charge in [-0.2, -0.15) is 0 Å². The first-order valence-corrected chi connectivity index (χ1v) is 10.1. The fourth-order valence-electron chi connectivity index (χ4n) is 3.97. The lowest BCUT2D eigenvalue weighted by atomic mass is 9.95. The molecule has 0 aliphatic carbocycles. The number of aliphatic hydroxyl groups is 1. The van der Waals surface area contributed by atoms with Crippen molar-refractivity contribution >= 4 is 29.1 Å². The summed E-state index contributed by atoms with van der Waals surface area (Å²) in [7, 11) is 0. The summed E-state index contributed by atoms with van der Waals surface area (Å²) in [5.74, 6) is -1.49. The summed E-state index contributed by atoms with van der Waals surface area (Å²) >= 11 is 6.18. The van der Waals surface area contributed by atoms with Gasteiger partial charge in [-0.05, 0) is 37.5 Å². The lowest BCUT2D eigenvalue weighted by Crippen LogP contribution is -2.36. The Bertz CT molecular complexity index is 977. The molecule has 0 radical (unpaired) electrons. The topological polar surface area (TPSA) is 66.8 Å². The zero-order chi connectivity index (χ0) is 20.5. The van der Waals surface area contributed by atoms with Crippen LogP contribution in [-0.4, -0.2) is 41.0 Å². The maximum Gasteiger partial charge on any atom is 0.295 e. The lowest BCUT2D eigenvalue weighted by molar-refractivity contribution is -0.140. The van der Waals surface area contributed by atoms with Gasteiger partial charge in [-0.3, -0.25) is 9.59 Å². The summed E-state index contributed by atoms with van der Waals surface area (Å²) in [5, 5.41) is 11.5. The second kappa shape index (κ2) is 8.01. The number of aliphatic hydroxyl groups excluding tert-OH is 1. The Morgan fingerprint density at radius 1 is 1.21 bits per heavy atom. The number of carbonyl (C=O) groups excluding carboxylic acids is 2. The number of rotatable bonds is 4. The zero-order valence-corrected chi connectivity index (χ0v) is 16.9. The van der Waals surface area contributed by atoms with Crippen molar-refractivity contribution < 1.29 is 19.4 Å². The minimum atomic E-state index is -0.709. The second-order valence-corrected chi connectivity index (χ2v) is 7.94. The molecule has 6 heteroatoms. The average molecular weight is 412 g/mol. The number of aryl methyl sites for hydroxylation is 1. The van der Waals surface area contributed by atoms with E-state index in [1.165, 1.54) is 4.90 Å². The number of hydrogen-bond acceptors (Lipinski definition) is 4. The van der Waals surface area contributed by atoms with Gasteiger partial charge in [0.05, 0.1) is 17.7 Å². The largest absolute Gasteiger partial charge is 0.507 e. The molecule has 2 aromatic rings. The summed E-state index contributed by atoms with van der Waals surface area (Å²) in [4.78, 5) is 27.4. The van der Waals surface area contributed by atoms with E-state index in [4.69, 9.17) is 16.3 Å². The first kappa shape index (κ1) is 19.7. The van der Waals surface area contributed by atoms with E-state index in [2.05, 4.69) is 0 Å². The number of ketones is 1. The van der Waals surface area contributed by atoms with E-state index in [1.807, 2.05) is 25.1 Å². The first-order valence-electron chi connectivity index (χ1n) is 9.68. The number of halogens is 1. The van der Waals surface area contributed by atoms with Gasteiger partial charge >= 0.3 is 0 Å². The van der Waals surface area contributed by atoms with E-state index >= 15 is 0 Å². The van der Waals surface area contributed by atoms with Gasteiger partial charge in [0.1, 0.15) is 5.76 Å². The van der Waals surface area contributed by atoms with E-state index in [0.29, 0.717) is 29.3 Å². The number of ether oxygens (including phenoxy) is 1. The molecule has 4 rings (SSSR count). The molecule has 2 aliphatic heterocycles. The third-order valence-electron chi connectivity index (χ3n) is 5.45. The van der Waals surface area contributed by atoms with Gasteiger partial charge in [-0.25, -0.2) is 0 Å². The predicted octanol–water partition coefficient (Wildman–Crippen LogP) is 4.25. The van der Waals surface area contributed by atoms with Crippen LogP contribution in [0, 0.1) is 6.92 Å². The molecule has 29 heavy (non-hydrogen) atoms. The molecule has 2 fully saturated rings. The van der Waals surface area contributed by atoms with Crippen molar-refractivity contribution in [3.05, 3.63) is 75.8 Å². The average Bonchev–Trinajstić information content (AvgIpc) is 3.30. The van der Waals surface area contributed by atoms with E-state index in [0.717, 1.165) is 18.4 Å². The van der Waals surface area contributed by atoms with Crippen molar-refractivity contribution in [2.24, 2.45) is 0 Å². The molecule has 1 amide bonds. The van der Waals surface area contributed by atoms with Crippen LogP contribution >= 0.6 is 11.6 Å². The quantitative estimate of drug-likeness (QED) is 0.464. The number of benzene rings is 2. The number of likely N-dealkylation sites (tertiary alicyclic amines) is 1. The van der Waals surface area contributed by atoms with Gasteiger partial charge < -0.3 is 14.7 Å². The second-order valence-electron chi connectivity index (χ2n) is 7.51. The van der Waals surface area contributed by atoms with Gasteiger partial charge in [0.25, 0.3) is 11.7 Å². The fourth-order valence-corrected chi connectivity index (χ4v) is 4.16. The van der Waals surface area contributed by atoms with Gasteiger partial charge in [-0.1, -0.05) is 53.6 Å². The predicted molar refractivity (Wildman–Crippen MR) is 111 cm³/mol. The Morgan fingerprint density at radius 3 is 2.62 bits per heavy atom. The zero-order valence-electron chi connectivity index (χ0n) is 16.1. The van der Waals surface area contributed by atoms with Gasteiger partial charge in [-0.15, -0.1) is 0 Å². The Kier molecular flexibility index (Phi) is 5.43. The van der Waals surface area contributed by atoms with Crippen molar-refractivity contribution in [1.29, 1.82) is 0 Å². The first-order chi connectivity index (χ1) is 14.0. The van der Waals surface area contributed by atoms with Gasteiger partial charge in [0.2, 0.25) is 0 Å². The molecular formula is C23H22ClNO4.